The number of hydrogen-bond donors (Lipinski definition) is 2. The standard InChI is InChI=1S/C25H20N4O2/c1-26-18-7-8-21-19(13-18)23-22(16-9-11-27-12-10-16)20(14-28-24(23)29-21)15-3-5-17(6-4-15)25(30)31-2/h3-14,26H,1-2H3,(H,28,29). The minimum Gasteiger partial charge on any atom is -0.465 e. The van der Waals surface area contributed by atoms with E-state index in [9.17, 15) is 4.79 Å². The van der Waals surface area contributed by atoms with E-state index < -0.39 is 0 Å². The molecule has 5 rings (SSSR count). The average molecular weight is 408 g/mol. The van der Waals surface area contributed by atoms with Crippen molar-refractivity contribution >= 4 is 33.6 Å². The summed E-state index contributed by atoms with van der Waals surface area (Å²) in [4.78, 5) is 24.2. The zero-order chi connectivity index (χ0) is 21.4. The molecule has 0 aliphatic heterocycles. The molecule has 0 radical (unpaired) electrons. The maximum Gasteiger partial charge on any atom is 0.337 e. The minimum absolute atomic E-state index is 0.356. The second-order valence-corrected chi connectivity index (χ2v) is 7.21. The third-order valence-corrected chi connectivity index (χ3v) is 5.50. The zero-order valence-corrected chi connectivity index (χ0v) is 17.1. The number of fused-ring (bicyclic) bond motifs is 3. The molecule has 2 N–H and O–H groups in total. The Balaban J connectivity index is 1.82. The summed E-state index contributed by atoms with van der Waals surface area (Å²) < 4.78 is 4.82. The molecule has 0 fully saturated rings. The van der Waals surface area contributed by atoms with Crippen LogP contribution in [0.3, 0.4) is 0 Å². The van der Waals surface area contributed by atoms with Gasteiger partial charge in [0, 0.05) is 58.7 Å². The molecular weight excluding hydrogens is 388 g/mol. The Labute approximate surface area is 178 Å². The Morgan fingerprint density at radius 3 is 2.48 bits per heavy atom. The highest BCUT2D eigenvalue weighted by Crippen LogP contribution is 2.40. The highest BCUT2D eigenvalue weighted by atomic mass is 16.5. The molecule has 0 spiro atoms. The van der Waals surface area contributed by atoms with Gasteiger partial charge in [0.2, 0.25) is 0 Å². The van der Waals surface area contributed by atoms with Gasteiger partial charge >= 0.3 is 5.97 Å². The minimum atomic E-state index is -0.356. The molecule has 0 aliphatic carbocycles. The van der Waals surface area contributed by atoms with Crippen LogP contribution in [0.2, 0.25) is 0 Å². The van der Waals surface area contributed by atoms with Gasteiger partial charge in [0.05, 0.1) is 12.7 Å². The predicted molar refractivity (Wildman–Crippen MR) is 123 cm³/mol. The van der Waals surface area contributed by atoms with Crippen LogP contribution in [0.5, 0.6) is 0 Å². The number of methoxy groups -OCH3 is 1. The van der Waals surface area contributed by atoms with Gasteiger partial charge in [0.15, 0.2) is 0 Å². The number of anilines is 1. The molecule has 0 unspecified atom stereocenters. The summed E-state index contributed by atoms with van der Waals surface area (Å²) in [5.41, 5.74) is 7.44. The summed E-state index contributed by atoms with van der Waals surface area (Å²) in [6, 6.07) is 17.6. The van der Waals surface area contributed by atoms with Crippen LogP contribution in [0.15, 0.2) is 73.2 Å². The van der Waals surface area contributed by atoms with Crippen LogP contribution in [0.4, 0.5) is 5.69 Å². The van der Waals surface area contributed by atoms with Crippen molar-refractivity contribution in [2.24, 2.45) is 0 Å². The molecule has 0 atom stereocenters. The van der Waals surface area contributed by atoms with Gasteiger partial charge in [-0.25, -0.2) is 9.78 Å². The van der Waals surface area contributed by atoms with Gasteiger partial charge in [-0.05, 0) is 53.6 Å². The van der Waals surface area contributed by atoms with E-state index in [0.29, 0.717) is 5.56 Å². The molecule has 6 nitrogen and oxygen atoms in total. The van der Waals surface area contributed by atoms with Crippen LogP contribution in [-0.4, -0.2) is 35.1 Å². The van der Waals surface area contributed by atoms with Crippen molar-refractivity contribution in [3.8, 4) is 22.3 Å². The third-order valence-electron chi connectivity index (χ3n) is 5.50. The van der Waals surface area contributed by atoms with E-state index in [1.54, 1.807) is 24.5 Å². The topological polar surface area (TPSA) is 79.9 Å². The number of esters is 1. The van der Waals surface area contributed by atoms with Crippen LogP contribution >= 0.6 is 0 Å². The number of aromatic nitrogens is 3. The number of H-pyrrole nitrogens is 1. The first-order valence-electron chi connectivity index (χ1n) is 9.91. The van der Waals surface area contributed by atoms with Crippen LogP contribution in [0.25, 0.3) is 44.2 Å². The van der Waals surface area contributed by atoms with Gasteiger partial charge in [0.1, 0.15) is 5.65 Å². The van der Waals surface area contributed by atoms with E-state index in [1.807, 2.05) is 43.6 Å². The number of benzene rings is 2. The normalized spacial score (nSPS) is 11.0. The van der Waals surface area contributed by atoms with Crippen molar-refractivity contribution in [1.29, 1.82) is 0 Å². The van der Waals surface area contributed by atoms with Crippen molar-refractivity contribution in [3.05, 3.63) is 78.8 Å². The SMILES string of the molecule is CNc1ccc2[nH]c3ncc(-c4ccc(C(=O)OC)cc4)c(-c4ccncc4)c3c2c1. The molecule has 3 heterocycles. The van der Waals surface area contributed by atoms with Crippen LogP contribution < -0.4 is 5.32 Å². The number of carbonyl (C=O) groups is 1. The Morgan fingerprint density at radius 2 is 1.77 bits per heavy atom. The molecule has 5 aromatic rings. The smallest absolute Gasteiger partial charge is 0.337 e. The summed E-state index contributed by atoms with van der Waals surface area (Å²) >= 11 is 0. The van der Waals surface area contributed by atoms with Gasteiger partial charge < -0.3 is 15.0 Å². The van der Waals surface area contributed by atoms with E-state index in [4.69, 9.17) is 9.72 Å². The van der Waals surface area contributed by atoms with Gasteiger partial charge in [0.25, 0.3) is 0 Å². The highest BCUT2D eigenvalue weighted by molar-refractivity contribution is 6.16. The highest BCUT2D eigenvalue weighted by Gasteiger charge is 2.18. The molecule has 0 bridgehead atoms. The molecule has 3 aromatic heterocycles. The van der Waals surface area contributed by atoms with Crippen LogP contribution in [0.1, 0.15) is 10.4 Å². The van der Waals surface area contributed by atoms with Gasteiger partial charge in [-0.15, -0.1) is 0 Å². The number of hydrogen-bond acceptors (Lipinski definition) is 5. The summed E-state index contributed by atoms with van der Waals surface area (Å²) in [5.74, 6) is -0.356. The first-order valence-corrected chi connectivity index (χ1v) is 9.91. The van der Waals surface area contributed by atoms with Crippen molar-refractivity contribution in [2.75, 3.05) is 19.5 Å². The first-order chi connectivity index (χ1) is 15.2. The lowest BCUT2D eigenvalue weighted by atomic mass is 9.93. The Hall–Kier alpha value is -4.19. The van der Waals surface area contributed by atoms with E-state index in [1.165, 1.54) is 7.11 Å². The van der Waals surface area contributed by atoms with Gasteiger partial charge in [-0.1, -0.05) is 12.1 Å². The second-order valence-electron chi connectivity index (χ2n) is 7.21. The fourth-order valence-corrected chi connectivity index (χ4v) is 3.95. The van der Waals surface area contributed by atoms with E-state index in [0.717, 1.165) is 49.9 Å². The molecule has 2 aromatic carbocycles. The van der Waals surface area contributed by atoms with Crippen molar-refractivity contribution < 1.29 is 9.53 Å². The molecule has 0 saturated heterocycles. The average Bonchev–Trinajstić information content (AvgIpc) is 3.21. The fraction of sp³-hybridized carbons (Fsp3) is 0.0800. The number of carbonyl (C=O) groups excluding carboxylic acids is 1. The first kappa shape index (κ1) is 18.8. The lowest BCUT2D eigenvalue weighted by Crippen LogP contribution is -2.00. The second kappa shape index (κ2) is 7.57. The van der Waals surface area contributed by atoms with Crippen LogP contribution in [-0.2, 0) is 4.74 Å². The third kappa shape index (κ3) is 3.18. The zero-order valence-electron chi connectivity index (χ0n) is 17.1. The molecular formula is C25H20N4O2. The Kier molecular flexibility index (Phi) is 4.59. The van der Waals surface area contributed by atoms with Crippen molar-refractivity contribution in [1.82, 2.24) is 15.0 Å². The van der Waals surface area contributed by atoms with Crippen molar-refractivity contribution in [3.63, 3.8) is 0 Å². The molecule has 152 valence electrons. The van der Waals surface area contributed by atoms with Crippen LogP contribution in [0, 0.1) is 0 Å². The predicted octanol–water partition coefficient (Wildman–Crippen LogP) is 5.27. The fourth-order valence-electron chi connectivity index (χ4n) is 3.95. The maximum atomic E-state index is 11.8. The van der Waals surface area contributed by atoms with Gasteiger partial charge in [-0.2, -0.15) is 0 Å². The number of nitrogens with one attached hydrogen (secondary N) is 2. The Bertz CT molecular complexity index is 1410. The van der Waals surface area contributed by atoms with E-state index in [-0.39, 0.29) is 5.97 Å². The number of aromatic amines is 1. The van der Waals surface area contributed by atoms with Gasteiger partial charge in [-0.3, -0.25) is 4.98 Å². The largest absolute Gasteiger partial charge is 0.465 e. The summed E-state index contributed by atoms with van der Waals surface area (Å²) in [6.07, 6.45) is 5.46. The summed E-state index contributed by atoms with van der Waals surface area (Å²) in [5, 5.41) is 5.35. The molecule has 0 amide bonds. The number of rotatable bonds is 4. The lowest BCUT2D eigenvalue weighted by molar-refractivity contribution is 0.0601. The molecule has 6 heteroatoms. The molecule has 0 aliphatic rings. The molecule has 0 saturated carbocycles. The number of nitrogens with zero attached hydrogens (tertiary/aromatic N) is 2. The monoisotopic (exact) mass is 408 g/mol. The lowest BCUT2D eigenvalue weighted by Gasteiger charge is -2.12. The summed E-state index contributed by atoms with van der Waals surface area (Å²) in [7, 11) is 3.29. The number of ether oxygens (including phenoxy) is 1. The van der Waals surface area contributed by atoms with E-state index in [2.05, 4.69) is 27.4 Å². The number of pyridine rings is 2. The summed E-state index contributed by atoms with van der Waals surface area (Å²) in [6.45, 7) is 0. The Morgan fingerprint density at radius 1 is 1.00 bits per heavy atom. The quantitative estimate of drug-likeness (QED) is 0.396. The maximum absolute atomic E-state index is 11.8. The van der Waals surface area contributed by atoms with E-state index >= 15 is 0 Å². The van der Waals surface area contributed by atoms with Crippen molar-refractivity contribution in [2.45, 2.75) is 0 Å². The molecule has 31 heavy (non-hydrogen) atoms.